The molecule has 0 aliphatic rings. The minimum atomic E-state index is 0.406. The second-order valence-corrected chi connectivity index (χ2v) is 5.63. The number of halogens is 2. The van der Waals surface area contributed by atoms with Gasteiger partial charge in [0.15, 0.2) is 0 Å². The van der Waals surface area contributed by atoms with Gasteiger partial charge in [-0.25, -0.2) is 0 Å². The van der Waals surface area contributed by atoms with Crippen molar-refractivity contribution in [2.45, 2.75) is 27.0 Å². The van der Waals surface area contributed by atoms with E-state index in [1.54, 1.807) is 6.07 Å². The molecule has 0 saturated heterocycles. The van der Waals surface area contributed by atoms with Gasteiger partial charge in [0, 0.05) is 17.7 Å². The van der Waals surface area contributed by atoms with Gasteiger partial charge in [-0.15, -0.1) is 0 Å². The number of para-hydroxylation sites is 1. The quantitative estimate of drug-likeness (QED) is 0.808. The summed E-state index contributed by atoms with van der Waals surface area (Å²) in [7, 11) is 0. The summed E-state index contributed by atoms with van der Waals surface area (Å²) >= 11 is 12.2. The van der Waals surface area contributed by atoms with E-state index in [9.17, 15) is 0 Å². The molecule has 0 aliphatic heterocycles. The highest BCUT2D eigenvalue weighted by atomic mass is 35.5. The lowest BCUT2D eigenvalue weighted by atomic mass is 10.1. The van der Waals surface area contributed by atoms with Crippen molar-refractivity contribution in [3.8, 4) is 5.75 Å². The van der Waals surface area contributed by atoms with Crippen LogP contribution in [0.2, 0.25) is 10.0 Å². The molecule has 2 rings (SSSR count). The number of hydrogen-bond donors (Lipinski definition) is 1. The predicted octanol–water partition coefficient (Wildman–Crippen LogP) is 4.99. The maximum atomic E-state index is 6.20. The molecule has 0 amide bonds. The summed E-state index contributed by atoms with van der Waals surface area (Å²) in [4.78, 5) is 0. The Bertz CT molecular complexity index is 614. The summed E-state index contributed by atoms with van der Waals surface area (Å²) in [6, 6.07) is 11.7. The first-order valence-corrected chi connectivity index (χ1v) is 7.74. The molecule has 2 nitrogen and oxygen atoms in total. The van der Waals surface area contributed by atoms with Gasteiger partial charge in [-0.1, -0.05) is 60.5 Å². The van der Waals surface area contributed by atoms with Crippen LogP contribution in [0.5, 0.6) is 5.75 Å². The molecule has 2 aromatic carbocycles. The fraction of sp³-hybridized carbons (Fsp3) is 0.294. The Balaban J connectivity index is 2.17. The van der Waals surface area contributed by atoms with E-state index in [2.05, 4.69) is 18.3 Å². The Morgan fingerprint density at radius 3 is 2.52 bits per heavy atom. The predicted molar refractivity (Wildman–Crippen MR) is 89.4 cm³/mol. The zero-order chi connectivity index (χ0) is 15.2. The molecule has 0 aliphatic carbocycles. The summed E-state index contributed by atoms with van der Waals surface area (Å²) < 4.78 is 6.00. The molecule has 0 fully saturated rings. The van der Waals surface area contributed by atoms with Gasteiger partial charge in [0.1, 0.15) is 12.4 Å². The first-order chi connectivity index (χ1) is 10.1. The van der Waals surface area contributed by atoms with Gasteiger partial charge in [0.2, 0.25) is 0 Å². The van der Waals surface area contributed by atoms with E-state index in [-0.39, 0.29) is 0 Å². The Morgan fingerprint density at radius 2 is 1.76 bits per heavy atom. The highest BCUT2D eigenvalue weighted by Gasteiger charge is 2.09. The van der Waals surface area contributed by atoms with Crippen molar-refractivity contribution in [3.05, 3.63) is 63.1 Å². The number of ether oxygens (including phenoxy) is 1. The minimum absolute atomic E-state index is 0.406. The van der Waals surface area contributed by atoms with E-state index in [0.29, 0.717) is 16.7 Å². The van der Waals surface area contributed by atoms with Crippen molar-refractivity contribution in [2.75, 3.05) is 6.54 Å². The summed E-state index contributed by atoms with van der Waals surface area (Å²) in [5.41, 5.74) is 3.15. The van der Waals surface area contributed by atoms with Crippen LogP contribution in [0.3, 0.4) is 0 Å². The lowest BCUT2D eigenvalue weighted by Crippen LogP contribution is -2.13. The topological polar surface area (TPSA) is 21.3 Å². The van der Waals surface area contributed by atoms with E-state index in [0.717, 1.165) is 35.5 Å². The first-order valence-electron chi connectivity index (χ1n) is 6.98. The largest absolute Gasteiger partial charge is 0.488 e. The van der Waals surface area contributed by atoms with Crippen molar-refractivity contribution in [1.29, 1.82) is 0 Å². The minimum Gasteiger partial charge on any atom is -0.488 e. The number of rotatable bonds is 6. The van der Waals surface area contributed by atoms with Gasteiger partial charge in [0.25, 0.3) is 0 Å². The van der Waals surface area contributed by atoms with Crippen molar-refractivity contribution in [2.24, 2.45) is 0 Å². The average molecular weight is 324 g/mol. The molecular formula is C17H19Cl2NO. The van der Waals surface area contributed by atoms with Crippen molar-refractivity contribution < 1.29 is 4.74 Å². The molecule has 0 spiro atoms. The molecule has 2 aromatic rings. The number of hydrogen-bond acceptors (Lipinski definition) is 2. The second-order valence-electron chi connectivity index (χ2n) is 4.85. The molecule has 0 unspecified atom stereocenters. The van der Waals surface area contributed by atoms with Crippen molar-refractivity contribution in [3.63, 3.8) is 0 Å². The fourth-order valence-corrected chi connectivity index (χ4v) is 2.50. The van der Waals surface area contributed by atoms with Crippen LogP contribution in [-0.4, -0.2) is 6.54 Å². The molecule has 4 heteroatoms. The van der Waals surface area contributed by atoms with E-state index in [4.69, 9.17) is 27.9 Å². The first kappa shape index (κ1) is 16.2. The van der Waals surface area contributed by atoms with Crippen LogP contribution in [-0.2, 0) is 13.2 Å². The van der Waals surface area contributed by atoms with Gasteiger partial charge in [-0.2, -0.15) is 0 Å². The molecule has 0 heterocycles. The Morgan fingerprint density at radius 1 is 1.05 bits per heavy atom. The third-order valence-corrected chi connectivity index (χ3v) is 4.12. The maximum absolute atomic E-state index is 6.20. The standard InChI is InChI=1S/C17H19Cl2NO/c1-3-20-10-13-7-4-6-12(2)17(13)21-11-14-8-5-9-15(18)16(14)19/h4-9,20H,3,10-11H2,1-2H3. The van der Waals surface area contributed by atoms with Crippen LogP contribution in [0, 0.1) is 6.92 Å². The molecule has 0 bridgehead atoms. The Kier molecular flexibility index (Phi) is 5.92. The van der Waals surface area contributed by atoms with Gasteiger partial charge in [-0.05, 0) is 25.1 Å². The zero-order valence-electron chi connectivity index (χ0n) is 12.2. The van der Waals surface area contributed by atoms with E-state index in [1.165, 1.54) is 0 Å². The SMILES string of the molecule is CCNCc1cccc(C)c1OCc1cccc(Cl)c1Cl. The molecule has 21 heavy (non-hydrogen) atoms. The Labute approximate surface area is 136 Å². The second kappa shape index (κ2) is 7.69. The molecule has 0 radical (unpaired) electrons. The molecule has 0 aromatic heterocycles. The van der Waals surface area contributed by atoms with Crippen LogP contribution >= 0.6 is 23.2 Å². The smallest absolute Gasteiger partial charge is 0.127 e. The van der Waals surface area contributed by atoms with Crippen molar-refractivity contribution in [1.82, 2.24) is 5.32 Å². The lowest BCUT2D eigenvalue weighted by Gasteiger charge is -2.15. The number of benzene rings is 2. The van der Waals surface area contributed by atoms with Crippen LogP contribution in [0.4, 0.5) is 0 Å². The van der Waals surface area contributed by atoms with Crippen LogP contribution in [0.1, 0.15) is 23.6 Å². The van der Waals surface area contributed by atoms with Crippen LogP contribution in [0.15, 0.2) is 36.4 Å². The lowest BCUT2D eigenvalue weighted by molar-refractivity contribution is 0.300. The number of nitrogens with one attached hydrogen (secondary N) is 1. The van der Waals surface area contributed by atoms with Crippen LogP contribution < -0.4 is 10.1 Å². The van der Waals surface area contributed by atoms with Gasteiger partial charge >= 0.3 is 0 Å². The molecule has 0 saturated carbocycles. The van der Waals surface area contributed by atoms with E-state index in [1.807, 2.05) is 31.2 Å². The summed E-state index contributed by atoms with van der Waals surface area (Å²) in [5, 5.41) is 4.43. The summed E-state index contributed by atoms with van der Waals surface area (Å²) in [6.07, 6.45) is 0. The van der Waals surface area contributed by atoms with Crippen molar-refractivity contribution >= 4 is 23.2 Å². The average Bonchev–Trinajstić information content (AvgIpc) is 2.48. The third-order valence-electron chi connectivity index (χ3n) is 3.26. The molecule has 112 valence electrons. The van der Waals surface area contributed by atoms with Gasteiger partial charge < -0.3 is 10.1 Å². The van der Waals surface area contributed by atoms with Gasteiger partial charge in [0.05, 0.1) is 10.0 Å². The fourth-order valence-electron chi connectivity index (χ4n) is 2.13. The highest BCUT2D eigenvalue weighted by molar-refractivity contribution is 6.42. The zero-order valence-corrected chi connectivity index (χ0v) is 13.8. The molecule has 1 N–H and O–H groups in total. The third kappa shape index (κ3) is 4.13. The van der Waals surface area contributed by atoms with E-state index >= 15 is 0 Å². The monoisotopic (exact) mass is 323 g/mol. The number of aryl methyl sites for hydroxylation is 1. The maximum Gasteiger partial charge on any atom is 0.127 e. The van der Waals surface area contributed by atoms with E-state index < -0.39 is 0 Å². The van der Waals surface area contributed by atoms with Gasteiger partial charge in [-0.3, -0.25) is 0 Å². The normalized spacial score (nSPS) is 10.7. The van der Waals surface area contributed by atoms with Crippen LogP contribution in [0.25, 0.3) is 0 Å². The summed E-state index contributed by atoms with van der Waals surface area (Å²) in [5.74, 6) is 0.912. The summed E-state index contributed by atoms with van der Waals surface area (Å²) in [6.45, 7) is 6.25. The Hall–Kier alpha value is -1.22. The molecule has 0 atom stereocenters. The highest BCUT2D eigenvalue weighted by Crippen LogP contribution is 2.29. The molecular weight excluding hydrogens is 305 g/mol.